The van der Waals surface area contributed by atoms with E-state index < -0.39 is 11.5 Å². The number of nitrogens with zero attached hydrogens (tertiary/aromatic N) is 2. The predicted octanol–water partition coefficient (Wildman–Crippen LogP) is 6.25. The van der Waals surface area contributed by atoms with Crippen molar-refractivity contribution in [1.82, 2.24) is 4.98 Å². The second-order valence-corrected chi connectivity index (χ2v) is 11.7. The van der Waals surface area contributed by atoms with E-state index in [4.69, 9.17) is 4.74 Å². The maximum atomic E-state index is 13.8. The lowest BCUT2D eigenvalue weighted by Gasteiger charge is -2.37. The van der Waals surface area contributed by atoms with Gasteiger partial charge in [-0.25, -0.2) is 13.8 Å². The molecule has 8 heteroatoms. The first-order valence-corrected chi connectivity index (χ1v) is 13.2. The van der Waals surface area contributed by atoms with Crippen LogP contribution in [0.1, 0.15) is 72.9 Å². The fourth-order valence-electron chi connectivity index (χ4n) is 5.86. The summed E-state index contributed by atoms with van der Waals surface area (Å²) in [6.07, 6.45) is 6.96. The van der Waals surface area contributed by atoms with Crippen LogP contribution in [-0.4, -0.2) is 29.9 Å². The number of pyridine rings is 1. The summed E-state index contributed by atoms with van der Waals surface area (Å²) in [7, 11) is 0. The van der Waals surface area contributed by atoms with Crippen molar-refractivity contribution in [1.29, 1.82) is 0 Å². The molecule has 2 aliphatic heterocycles. The molecule has 1 amide bonds. The van der Waals surface area contributed by atoms with Gasteiger partial charge < -0.3 is 15.0 Å². The van der Waals surface area contributed by atoms with Gasteiger partial charge in [-0.05, 0) is 96.4 Å². The molecule has 4 aliphatic rings. The van der Waals surface area contributed by atoms with E-state index in [0.717, 1.165) is 33.5 Å². The van der Waals surface area contributed by atoms with Gasteiger partial charge in [0.2, 0.25) is 5.92 Å². The fourth-order valence-corrected chi connectivity index (χ4v) is 6.33. The van der Waals surface area contributed by atoms with Gasteiger partial charge in [0.1, 0.15) is 5.82 Å². The number of ether oxygens (including phenoxy) is 1. The SMILES string of the molecule is O=C(Nc1cc2c(cn1)COC21CCC(F)(F)CC1)c1ccc(I)cc1N1CCC2(CC1)CC2. The van der Waals surface area contributed by atoms with E-state index in [2.05, 4.69) is 43.9 Å². The Hall–Kier alpha value is -1.81. The molecule has 34 heavy (non-hydrogen) atoms. The van der Waals surface area contributed by atoms with Crippen LogP contribution < -0.4 is 10.2 Å². The summed E-state index contributed by atoms with van der Waals surface area (Å²) in [6, 6.07) is 7.75. The minimum atomic E-state index is -2.63. The molecule has 0 radical (unpaired) electrons. The van der Waals surface area contributed by atoms with Crippen molar-refractivity contribution in [3.63, 3.8) is 0 Å². The molecule has 1 aromatic carbocycles. The molecule has 1 aromatic heterocycles. The second kappa shape index (κ2) is 8.11. The van der Waals surface area contributed by atoms with Crippen LogP contribution in [0.2, 0.25) is 0 Å². The first-order chi connectivity index (χ1) is 16.3. The van der Waals surface area contributed by atoms with Gasteiger partial charge in [-0.15, -0.1) is 0 Å². The Bertz CT molecular complexity index is 1130. The summed E-state index contributed by atoms with van der Waals surface area (Å²) in [4.78, 5) is 20.1. The van der Waals surface area contributed by atoms with Crippen LogP contribution in [0.4, 0.5) is 20.3 Å². The smallest absolute Gasteiger partial charge is 0.258 e. The number of rotatable bonds is 3. The lowest BCUT2D eigenvalue weighted by Crippen LogP contribution is -2.36. The first kappa shape index (κ1) is 22.6. The molecule has 1 N–H and O–H groups in total. The molecule has 180 valence electrons. The van der Waals surface area contributed by atoms with E-state index >= 15 is 0 Å². The molecule has 0 bridgehead atoms. The fraction of sp³-hybridized carbons (Fsp3) is 0.538. The molecule has 5 nitrogen and oxygen atoms in total. The van der Waals surface area contributed by atoms with Crippen LogP contribution in [0.25, 0.3) is 0 Å². The van der Waals surface area contributed by atoms with Crippen molar-refractivity contribution >= 4 is 40.0 Å². The number of nitrogens with one attached hydrogen (secondary N) is 1. The van der Waals surface area contributed by atoms with Crippen molar-refractivity contribution in [3.05, 3.63) is 50.7 Å². The van der Waals surface area contributed by atoms with Crippen LogP contribution in [0.5, 0.6) is 0 Å². The third kappa shape index (κ3) is 4.10. The number of anilines is 2. The third-order valence-corrected chi connectivity index (χ3v) is 9.01. The number of carbonyl (C=O) groups excluding carboxylic acids is 1. The van der Waals surface area contributed by atoms with Gasteiger partial charge in [0, 0.05) is 41.3 Å². The van der Waals surface area contributed by atoms with Crippen LogP contribution in [0.3, 0.4) is 0 Å². The zero-order valence-corrected chi connectivity index (χ0v) is 21.2. The van der Waals surface area contributed by atoms with Crippen molar-refractivity contribution in [2.75, 3.05) is 23.3 Å². The average Bonchev–Trinajstić information content (AvgIpc) is 3.48. The van der Waals surface area contributed by atoms with Gasteiger partial charge in [0.25, 0.3) is 5.91 Å². The van der Waals surface area contributed by atoms with Crippen LogP contribution >= 0.6 is 22.6 Å². The van der Waals surface area contributed by atoms with Gasteiger partial charge in [-0.1, -0.05) is 0 Å². The number of amides is 1. The molecular weight excluding hydrogens is 551 g/mol. The topological polar surface area (TPSA) is 54.5 Å². The second-order valence-electron chi connectivity index (χ2n) is 10.5. The number of hydrogen-bond donors (Lipinski definition) is 1. The molecule has 2 aliphatic carbocycles. The zero-order valence-electron chi connectivity index (χ0n) is 19.0. The van der Waals surface area contributed by atoms with Crippen LogP contribution in [-0.2, 0) is 16.9 Å². The van der Waals surface area contributed by atoms with E-state index in [1.54, 1.807) is 6.20 Å². The minimum absolute atomic E-state index is 0.181. The molecule has 0 unspecified atom stereocenters. The lowest BCUT2D eigenvalue weighted by molar-refractivity contribution is -0.130. The average molecular weight is 579 g/mol. The summed E-state index contributed by atoms with van der Waals surface area (Å²) in [5, 5.41) is 2.97. The van der Waals surface area contributed by atoms with Gasteiger partial charge in [-0.2, -0.15) is 0 Å². The Labute approximate surface area is 211 Å². The van der Waals surface area contributed by atoms with Gasteiger partial charge in [0.05, 0.1) is 23.5 Å². The highest BCUT2D eigenvalue weighted by Crippen LogP contribution is 2.54. The van der Waals surface area contributed by atoms with E-state index in [9.17, 15) is 13.6 Å². The number of benzene rings is 1. The van der Waals surface area contributed by atoms with Crippen molar-refractivity contribution in [3.8, 4) is 0 Å². The largest absolute Gasteiger partial charge is 0.371 e. The highest BCUT2D eigenvalue weighted by Gasteiger charge is 2.49. The van der Waals surface area contributed by atoms with Gasteiger partial charge >= 0.3 is 0 Å². The van der Waals surface area contributed by atoms with E-state index in [1.807, 2.05) is 18.2 Å². The molecule has 0 atom stereocenters. The molecule has 3 heterocycles. The van der Waals surface area contributed by atoms with Crippen LogP contribution in [0.15, 0.2) is 30.5 Å². The van der Waals surface area contributed by atoms with E-state index in [1.165, 1.54) is 25.7 Å². The summed E-state index contributed by atoms with van der Waals surface area (Å²) < 4.78 is 34.7. The normalized spacial score (nSPS) is 23.7. The highest BCUT2D eigenvalue weighted by molar-refractivity contribution is 14.1. The Morgan fingerprint density at radius 2 is 1.76 bits per heavy atom. The number of fused-ring (bicyclic) bond motifs is 2. The lowest BCUT2D eigenvalue weighted by atomic mass is 9.78. The Kier molecular flexibility index (Phi) is 5.40. The number of carbonyl (C=O) groups is 1. The molecule has 2 saturated carbocycles. The van der Waals surface area contributed by atoms with Crippen molar-refractivity contribution < 1.29 is 18.3 Å². The third-order valence-electron chi connectivity index (χ3n) is 8.34. The Morgan fingerprint density at radius 1 is 1.03 bits per heavy atom. The molecule has 2 aromatic rings. The summed E-state index contributed by atoms with van der Waals surface area (Å²) in [5.74, 6) is -2.39. The summed E-state index contributed by atoms with van der Waals surface area (Å²) in [6.45, 7) is 2.32. The predicted molar refractivity (Wildman–Crippen MR) is 134 cm³/mol. The van der Waals surface area contributed by atoms with Gasteiger partial charge in [-0.3, -0.25) is 4.79 Å². The Morgan fingerprint density at radius 3 is 2.47 bits per heavy atom. The molecule has 1 saturated heterocycles. The minimum Gasteiger partial charge on any atom is -0.371 e. The molecular formula is C26H28F2IN3O2. The number of alkyl halides is 2. The molecule has 2 spiro atoms. The molecule has 3 fully saturated rings. The van der Waals surface area contributed by atoms with Crippen LogP contribution in [0, 0.1) is 8.99 Å². The number of halogens is 3. The zero-order chi connectivity index (χ0) is 23.6. The van der Waals surface area contributed by atoms with E-state index in [0.29, 0.717) is 23.4 Å². The quantitative estimate of drug-likeness (QED) is 0.437. The molecule has 6 rings (SSSR count). The van der Waals surface area contributed by atoms with Crippen molar-refractivity contribution in [2.24, 2.45) is 5.41 Å². The summed E-state index contributed by atoms with van der Waals surface area (Å²) >= 11 is 2.29. The Balaban J connectivity index is 1.23. The maximum Gasteiger partial charge on any atom is 0.258 e. The van der Waals surface area contributed by atoms with Gasteiger partial charge in [0.15, 0.2) is 0 Å². The number of piperidine rings is 1. The van der Waals surface area contributed by atoms with Crippen molar-refractivity contribution in [2.45, 2.75) is 69.5 Å². The highest BCUT2D eigenvalue weighted by atomic mass is 127. The monoisotopic (exact) mass is 579 g/mol. The first-order valence-electron chi connectivity index (χ1n) is 12.1. The maximum absolute atomic E-state index is 13.8. The standard InChI is InChI=1S/C26H28F2IN3O2/c27-26(28)7-5-25(6-8-26)20-14-22(30-15-17(20)16-34-25)31-23(33)19-2-1-18(29)13-21(19)32-11-9-24(3-4-24)10-12-32/h1-2,13-15H,3-12,16H2,(H,30,31,33). The van der Waals surface area contributed by atoms with E-state index in [-0.39, 0.29) is 31.6 Å². The summed E-state index contributed by atoms with van der Waals surface area (Å²) in [5.41, 5.74) is 3.28. The number of hydrogen-bond acceptors (Lipinski definition) is 4. The number of aromatic nitrogens is 1.